The van der Waals surface area contributed by atoms with E-state index in [4.69, 9.17) is 16.1 Å². The molecule has 0 aliphatic carbocycles. The van der Waals surface area contributed by atoms with E-state index in [1.165, 1.54) is 0 Å². The lowest BCUT2D eigenvalue weighted by Gasteiger charge is -2.15. The van der Waals surface area contributed by atoms with Gasteiger partial charge in [0.1, 0.15) is 5.76 Å². The van der Waals surface area contributed by atoms with Crippen molar-refractivity contribution >= 4 is 11.6 Å². The fourth-order valence-electron chi connectivity index (χ4n) is 1.82. The Morgan fingerprint density at radius 1 is 1.41 bits per heavy atom. The van der Waals surface area contributed by atoms with Crippen molar-refractivity contribution in [1.29, 1.82) is 0 Å². The Bertz CT molecular complexity index is 496. The first-order valence-corrected chi connectivity index (χ1v) is 5.92. The molecule has 2 rings (SSSR count). The second-order valence-electron chi connectivity index (χ2n) is 4.03. The van der Waals surface area contributed by atoms with Gasteiger partial charge in [0, 0.05) is 23.6 Å². The lowest BCUT2D eigenvalue weighted by molar-refractivity contribution is 0.365. The van der Waals surface area contributed by atoms with Crippen LogP contribution in [0.15, 0.2) is 34.9 Å². The first-order valence-electron chi connectivity index (χ1n) is 5.54. The second kappa shape index (κ2) is 5.34. The summed E-state index contributed by atoms with van der Waals surface area (Å²) in [6.45, 7) is 1.92. The van der Waals surface area contributed by atoms with Crippen LogP contribution in [-0.2, 0) is 6.42 Å². The molecule has 0 amide bonds. The average Bonchev–Trinajstić information content (AvgIpc) is 2.72. The lowest BCUT2D eigenvalue weighted by Crippen LogP contribution is -2.18. The number of likely N-dealkylation sites (N-methyl/N-ethyl adjacent to an activating group) is 1. The third kappa shape index (κ3) is 3.08. The van der Waals surface area contributed by atoms with Gasteiger partial charge >= 0.3 is 0 Å². The molecule has 1 N–H and O–H groups in total. The molecule has 0 bridgehead atoms. The molecule has 90 valence electrons. The van der Waals surface area contributed by atoms with Crippen LogP contribution < -0.4 is 5.32 Å². The standard InChI is InChI=1S/C13H15ClN2O/c1-9-6-12(17-16-9)8-13(15-2)10-4-3-5-11(14)7-10/h3-7,13,15H,8H2,1-2H3. The Balaban J connectivity index is 2.16. The Labute approximate surface area is 106 Å². The van der Waals surface area contributed by atoms with E-state index in [2.05, 4.69) is 16.5 Å². The third-order valence-corrected chi connectivity index (χ3v) is 2.92. The molecule has 0 radical (unpaired) electrons. The van der Waals surface area contributed by atoms with Crippen LogP contribution in [0.2, 0.25) is 5.02 Å². The highest BCUT2D eigenvalue weighted by Crippen LogP contribution is 2.21. The van der Waals surface area contributed by atoms with Crippen molar-refractivity contribution in [3.8, 4) is 0 Å². The summed E-state index contributed by atoms with van der Waals surface area (Å²) >= 11 is 5.99. The lowest BCUT2D eigenvalue weighted by atomic mass is 10.0. The van der Waals surface area contributed by atoms with Crippen molar-refractivity contribution < 1.29 is 4.52 Å². The van der Waals surface area contributed by atoms with Gasteiger partial charge in [-0.15, -0.1) is 0 Å². The summed E-state index contributed by atoms with van der Waals surface area (Å²) in [6.07, 6.45) is 0.762. The van der Waals surface area contributed by atoms with Crippen LogP contribution in [0.4, 0.5) is 0 Å². The molecule has 1 heterocycles. The van der Waals surface area contributed by atoms with E-state index < -0.39 is 0 Å². The predicted octanol–water partition coefficient (Wildman–Crippen LogP) is 3.14. The van der Waals surface area contributed by atoms with E-state index in [0.29, 0.717) is 0 Å². The molecule has 1 aromatic heterocycles. The first-order chi connectivity index (χ1) is 8.19. The van der Waals surface area contributed by atoms with Crippen molar-refractivity contribution in [3.05, 3.63) is 52.4 Å². The van der Waals surface area contributed by atoms with E-state index in [-0.39, 0.29) is 6.04 Å². The Kier molecular flexibility index (Phi) is 3.82. The van der Waals surface area contributed by atoms with E-state index in [1.807, 2.05) is 38.2 Å². The van der Waals surface area contributed by atoms with Crippen molar-refractivity contribution in [2.45, 2.75) is 19.4 Å². The van der Waals surface area contributed by atoms with Crippen LogP contribution in [0.25, 0.3) is 0 Å². The Morgan fingerprint density at radius 3 is 2.82 bits per heavy atom. The molecule has 2 aromatic rings. The fraction of sp³-hybridized carbons (Fsp3) is 0.308. The zero-order chi connectivity index (χ0) is 12.3. The van der Waals surface area contributed by atoms with Gasteiger partial charge in [0.25, 0.3) is 0 Å². The molecule has 1 aromatic carbocycles. The number of hydrogen-bond acceptors (Lipinski definition) is 3. The summed E-state index contributed by atoms with van der Waals surface area (Å²) in [5, 5.41) is 7.89. The maximum atomic E-state index is 5.99. The van der Waals surface area contributed by atoms with Crippen LogP contribution in [0.1, 0.15) is 23.1 Å². The molecule has 3 nitrogen and oxygen atoms in total. The molecule has 1 atom stereocenters. The molecule has 0 saturated heterocycles. The van der Waals surface area contributed by atoms with Crippen LogP contribution in [-0.4, -0.2) is 12.2 Å². The number of aryl methyl sites for hydroxylation is 1. The molecule has 0 spiro atoms. The Hall–Kier alpha value is -1.32. The molecular formula is C13H15ClN2O. The summed E-state index contributed by atoms with van der Waals surface area (Å²) in [6, 6.07) is 9.97. The zero-order valence-corrected chi connectivity index (χ0v) is 10.7. The minimum atomic E-state index is 0.182. The average molecular weight is 251 g/mol. The highest BCUT2D eigenvalue weighted by molar-refractivity contribution is 6.30. The number of aromatic nitrogens is 1. The van der Waals surface area contributed by atoms with Gasteiger partial charge in [-0.3, -0.25) is 0 Å². The van der Waals surface area contributed by atoms with Gasteiger partial charge in [-0.05, 0) is 31.7 Å². The van der Waals surface area contributed by atoms with Crippen molar-refractivity contribution in [1.82, 2.24) is 10.5 Å². The van der Waals surface area contributed by atoms with Crippen LogP contribution in [0.3, 0.4) is 0 Å². The fourth-order valence-corrected chi connectivity index (χ4v) is 2.02. The zero-order valence-electron chi connectivity index (χ0n) is 9.90. The minimum Gasteiger partial charge on any atom is -0.361 e. The normalized spacial score (nSPS) is 12.6. The smallest absolute Gasteiger partial charge is 0.138 e. The van der Waals surface area contributed by atoms with Crippen LogP contribution >= 0.6 is 11.6 Å². The quantitative estimate of drug-likeness (QED) is 0.906. The van der Waals surface area contributed by atoms with Gasteiger partial charge in [0.2, 0.25) is 0 Å². The van der Waals surface area contributed by atoms with Crippen LogP contribution in [0, 0.1) is 6.92 Å². The van der Waals surface area contributed by atoms with Gasteiger partial charge in [-0.1, -0.05) is 28.9 Å². The number of nitrogens with zero attached hydrogens (tertiary/aromatic N) is 1. The molecule has 0 aliphatic heterocycles. The largest absolute Gasteiger partial charge is 0.361 e. The van der Waals surface area contributed by atoms with E-state index in [1.54, 1.807) is 0 Å². The molecule has 0 saturated carbocycles. The maximum Gasteiger partial charge on any atom is 0.138 e. The Morgan fingerprint density at radius 2 is 2.24 bits per heavy atom. The maximum absolute atomic E-state index is 5.99. The molecule has 0 aliphatic rings. The molecular weight excluding hydrogens is 236 g/mol. The molecule has 0 fully saturated rings. The summed E-state index contributed by atoms with van der Waals surface area (Å²) < 4.78 is 5.23. The number of nitrogens with one attached hydrogen (secondary N) is 1. The van der Waals surface area contributed by atoms with E-state index in [0.717, 1.165) is 28.5 Å². The topological polar surface area (TPSA) is 38.1 Å². The van der Waals surface area contributed by atoms with Crippen molar-refractivity contribution in [2.24, 2.45) is 0 Å². The first kappa shape index (κ1) is 12.1. The summed E-state index contributed by atoms with van der Waals surface area (Å²) in [5.41, 5.74) is 2.05. The van der Waals surface area contributed by atoms with Gasteiger partial charge in [-0.25, -0.2) is 0 Å². The van der Waals surface area contributed by atoms with Gasteiger partial charge in [0.15, 0.2) is 0 Å². The van der Waals surface area contributed by atoms with Crippen molar-refractivity contribution in [2.75, 3.05) is 7.05 Å². The van der Waals surface area contributed by atoms with E-state index >= 15 is 0 Å². The van der Waals surface area contributed by atoms with Crippen LogP contribution in [0.5, 0.6) is 0 Å². The molecule has 1 unspecified atom stereocenters. The summed E-state index contributed by atoms with van der Waals surface area (Å²) in [5.74, 6) is 0.877. The van der Waals surface area contributed by atoms with Crippen molar-refractivity contribution in [3.63, 3.8) is 0 Å². The van der Waals surface area contributed by atoms with Gasteiger partial charge in [0.05, 0.1) is 5.69 Å². The highest BCUT2D eigenvalue weighted by atomic mass is 35.5. The third-order valence-electron chi connectivity index (χ3n) is 2.68. The predicted molar refractivity (Wildman–Crippen MR) is 68.2 cm³/mol. The van der Waals surface area contributed by atoms with Gasteiger partial charge in [-0.2, -0.15) is 0 Å². The number of rotatable bonds is 4. The van der Waals surface area contributed by atoms with E-state index in [9.17, 15) is 0 Å². The number of halogens is 1. The second-order valence-corrected chi connectivity index (χ2v) is 4.47. The highest BCUT2D eigenvalue weighted by Gasteiger charge is 2.13. The molecule has 17 heavy (non-hydrogen) atoms. The number of benzene rings is 1. The minimum absolute atomic E-state index is 0.182. The monoisotopic (exact) mass is 250 g/mol. The summed E-state index contributed by atoms with van der Waals surface area (Å²) in [7, 11) is 1.93. The number of hydrogen-bond donors (Lipinski definition) is 1. The van der Waals surface area contributed by atoms with Gasteiger partial charge < -0.3 is 9.84 Å². The SMILES string of the molecule is CNC(Cc1cc(C)no1)c1cccc(Cl)c1. The molecule has 4 heteroatoms. The summed E-state index contributed by atoms with van der Waals surface area (Å²) in [4.78, 5) is 0.